The van der Waals surface area contributed by atoms with Crippen LogP contribution in [0.25, 0.3) is 0 Å². The Bertz CT molecular complexity index is 408. The molecule has 1 aromatic rings. The molecule has 4 nitrogen and oxygen atoms in total. The highest BCUT2D eigenvalue weighted by Crippen LogP contribution is 2.26. The molecule has 0 spiro atoms. The van der Waals surface area contributed by atoms with Crippen molar-refractivity contribution < 1.29 is 9.53 Å². The van der Waals surface area contributed by atoms with Gasteiger partial charge in [0.05, 0.1) is 12.6 Å². The molecule has 0 unspecified atom stereocenters. The topological polar surface area (TPSA) is 55.6 Å². The number of ether oxygens (including phenoxy) is 1. The summed E-state index contributed by atoms with van der Waals surface area (Å²) in [6, 6.07) is 9.98. The van der Waals surface area contributed by atoms with Gasteiger partial charge >= 0.3 is 0 Å². The van der Waals surface area contributed by atoms with Crippen LogP contribution >= 0.6 is 0 Å². The Hall–Kier alpha value is -1.39. The molecule has 1 aliphatic rings. The molecule has 2 N–H and O–H groups in total. The predicted octanol–water partition coefficient (Wildman–Crippen LogP) is 1.37. The molecule has 0 aliphatic carbocycles. The molecular formula is C15H22N2O2. The van der Waals surface area contributed by atoms with Crippen LogP contribution in [0.15, 0.2) is 30.3 Å². The van der Waals surface area contributed by atoms with E-state index in [0.29, 0.717) is 19.1 Å². The predicted molar refractivity (Wildman–Crippen MR) is 74.8 cm³/mol. The molecule has 0 saturated carbocycles. The highest BCUT2D eigenvalue weighted by molar-refractivity contribution is 5.82. The number of nitrogens with zero attached hydrogens (tertiary/aromatic N) is 1. The lowest BCUT2D eigenvalue weighted by Crippen LogP contribution is -2.44. The molecule has 0 bridgehead atoms. The number of amides is 1. The van der Waals surface area contributed by atoms with E-state index in [2.05, 4.69) is 12.1 Å². The molecule has 1 fully saturated rings. The van der Waals surface area contributed by atoms with Crippen molar-refractivity contribution in [2.75, 3.05) is 26.8 Å². The maximum absolute atomic E-state index is 12.2. The first-order valence-electron chi connectivity index (χ1n) is 6.80. The Balaban J connectivity index is 2.12. The van der Waals surface area contributed by atoms with Gasteiger partial charge < -0.3 is 15.4 Å². The summed E-state index contributed by atoms with van der Waals surface area (Å²) in [4.78, 5) is 14.0. The number of rotatable bonds is 4. The van der Waals surface area contributed by atoms with Crippen molar-refractivity contribution in [2.45, 2.75) is 24.8 Å². The third kappa shape index (κ3) is 3.55. The van der Waals surface area contributed by atoms with Crippen LogP contribution < -0.4 is 5.73 Å². The third-order valence-corrected chi connectivity index (χ3v) is 3.73. The molecule has 1 aliphatic heterocycles. The van der Waals surface area contributed by atoms with E-state index in [-0.39, 0.29) is 11.9 Å². The summed E-state index contributed by atoms with van der Waals surface area (Å²) >= 11 is 0. The van der Waals surface area contributed by atoms with Crippen LogP contribution in [0.4, 0.5) is 0 Å². The Morgan fingerprint density at radius 1 is 1.32 bits per heavy atom. The van der Waals surface area contributed by atoms with E-state index >= 15 is 0 Å². The summed E-state index contributed by atoms with van der Waals surface area (Å²) in [5.41, 5.74) is 7.23. The van der Waals surface area contributed by atoms with Crippen molar-refractivity contribution in [1.82, 2.24) is 4.90 Å². The molecule has 104 valence electrons. The van der Waals surface area contributed by atoms with E-state index in [1.807, 2.05) is 23.1 Å². The van der Waals surface area contributed by atoms with E-state index in [1.54, 1.807) is 7.11 Å². The fourth-order valence-corrected chi connectivity index (χ4v) is 2.59. The molecule has 2 rings (SSSR count). The Labute approximate surface area is 114 Å². The fraction of sp³-hybridized carbons (Fsp3) is 0.533. The standard InChI is InChI=1S/C15H22N2O2/c1-19-10-9-17-11-13(7-8-14(16)15(17)18)12-5-3-2-4-6-12/h2-6,13-14H,7-11,16H2,1H3/t13-,14-/m1/s1. The van der Waals surface area contributed by atoms with Crippen LogP contribution in [0.3, 0.4) is 0 Å². The number of hydrogen-bond acceptors (Lipinski definition) is 3. The zero-order chi connectivity index (χ0) is 13.7. The van der Waals surface area contributed by atoms with Crippen LogP contribution in [0, 0.1) is 0 Å². The van der Waals surface area contributed by atoms with Gasteiger partial charge in [-0.05, 0) is 18.4 Å². The average molecular weight is 262 g/mol. The van der Waals surface area contributed by atoms with Gasteiger partial charge in [-0.3, -0.25) is 4.79 Å². The van der Waals surface area contributed by atoms with Gasteiger partial charge in [0.25, 0.3) is 0 Å². The molecule has 1 aromatic carbocycles. The van der Waals surface area contributed by atoms with Gasteiger partial charge in [0.1, 0.15) is 0 Å². The SMILES string of the molecule is COCCN1C[C@H](c2ccccc2)CC[C@@H](N)C1=O. The number of likely N-dealkylation sites (tertiary alicyclic amines) is 1. The summed E-state index contributed by atoms with van der Waals surface area (Å²) in [7, 11) is 1.65. The maximum Gasteiger partial charge on any atom is 0.239 e. The van der Waals surface area contributed by atoms with Crippen LogP contribution in [-0.2, 0) is 9.53 Å². The molecule has 0 radical (unpaired) electrons. The van der Waals surface area contributed by atoms with Crippen molar-refractivity contribution in [3.63, 3.8) is 0 Å². The lowest BCUT2D eigenvalue weighted by molar-refractivity contribution is -0.132. The van der Waals surface area contributed by atoms with Gasteiger partial charge in [-0.1, -0.05) is 30.3 Å². The molecule has 19 heavy (non-hydrogen) atoms. The average Bonchev–Trinajstić information content (AvgIpc) is 2.59. The van der Waals surface area contributed by atoms with Crippen molar-refractivity contribution in [3.8, 4) is 0 Å². The number of hydrogen-bond donors (Lipinski definition) is 1. The van der Waals surface area contributed by atoms with Gasteiger partial charge in [0.15, 0.2) is 0 Å². The lowest BCUT2D eigenvalue weighted by Gasteiger charge is -2.25. The van der Waals surface area contributed by atoms with Crippen molar-refractivity contribution >= 4 is 5.91 Å². The molecule has 1 saturated heterocycles. The van der Waals surface area contributed by atoms with E-state index < -0.39 is 0 Å². The highest BCUT2D eigenvalue weighted by Gasteiger charge is 2.29. The van der Waals surface area contributed by atoms with Crippen molar-refractivity contribution in [3.05, 3.63) is 35.9 Å². The number of benzene rings is 1. The highest BCUT2D eigenvalue weighted by atomic mass is 16.5. The van der Waals surface area contributed by atoms with E-state index in [1.165, 1.54) is 5.56 Å². The smallest absolute Gasteiger partial charge is 0.239 e. The van der Waals surface area contributed by atoms with Crippen LogP contribution in [-0.4, -0.2) is 43.7 Å². The van der Waals surface area contributed by atoms with Crippen LogP contribution in [0.5, 0.6) is 0 Å². The van der Waals surface area contributed by atoms with Crippen LogP contribution in [0.1, 0.15) is 24.3 Å². The van der Waals surface area contributed by atoms with Gasteiger partial charge in [0, 0.05) is 26.1 Å². The molecule has 1 heterocycles. The van der Waals surface area contributed by atoms with Gasteiger partial charge in [-0.2, -0.15) is 0 Å². The number of carbonyl (C=O) groups is 1. The first-order chi connectivity index (χ1) is 9.22. The third-order valence-electron chi connectivity index (χ3n) is 3.73. The summed E-state index contributed by atoms with van der Waals surface area (Å²) in [6.45, 7) is 1.91. The summed E-state index contributed by atoms with van der Waals surface area (Å²) < 4.78 is 5.08. The first-order valence-corrected chi connectivity index (χ1v) is 6.80. The molecule has 4 heteroatoms. The molecule has 0 aromatic heterocycles. The van der Waals surface area contributed by atoms with Crippen molar-refractivity contribution in [2.24, 2.45) is 5.73 Å². The molecule has 1 amide bonds. The lowest BCUT2D eigenvalue weighted by atomic mass is 9.94. The zero-order valence-corrected chi connectivity index (χ0v) is 11.4. The van der Waals surface area contributed by atoms with Gasteiger partial charge in [-0.25, -0.2) is 0 Å². The summed E-state index contributed by atoms with van der Waals surface area (Å²) in [5.74, 6) is 0.422. The van der Waals surface area contributed by atoms with E-state index in [0.717, 1.165) is 19.4 Å². The van der Waals surface area contributed by atoms with E-state index in [9.17, 15) is 4.79 Å². The number of nitrogens with two attached hydrogens (primary N) is 1. The second kappa shape index (κ2) is 6.68. The summed E-state index contributed by atoms with van der Waals surface area (Å²) in [6.07, 6.45) is 1.71. The zero-order valence-electron chi connectivity index (χ0n) is 11.4. The fourth-order valence-electron chi connectivity index (χ4n) is 2.59. The normalized spacial score (nSPS) is 24.3. The molecular weight excluding hydrogens is 240 g/mol. The summed E-state index contributed by atoms with van der Waals surface area (Å²) in [5, 5.41) is 0. The Morgan fingerprint density at radius 3 is 2.74 bits per heavy atom. The maximum atomic E-state index is 12.2. The minimum atomic E-state index is -0.370. The number of carbonyl (C=O) groups excluding carboxylic acids is 1. The van der Waals surface area contributed by atoms with Crippen molar-refractivity contribution in [1.29, 1.82) is 0 Å². The minimum Gasteiger partial charge on any atom is -0.383 e. The largest absolute Gasteiger partial charge is 0.383 e. The monoisotopic (exact) mass is 262 g/mol. The first kappa shape index (κ1) is 14.0. The Morgan fingerprint density at radius 2 is 2.05 bits per heavy atom. The number of methoxy groups -OCH3 is 1. The van der Waals surface area contributed by atoms with Gasteiger partial charge in [-0.15, -0.1) is 0 Å². The molecule has 2 atom stereocenters. The second-order valence-electron chi connectivity index (χ2n) is 5.07. The van der Waals surface area contributed by atoms with E-state index in [4.69, 9.17) is 10.5 Å². The van der Waals surface area contributed by atoms with Crippen LogP contribution in [0.2, 0.25) is 0 Å². The van der Waals surface area contributed by atoms with Gasteiger partial charge in [0.2, 0.25) is 5.91 Å². The Kier molecular flexibility index (Phi) is 4.93. The minimum absolute atomic E-state index is 0.0514. The quantitative estimate of drug-likeness (QED) is 0.891. The second-order valence-corrected chi connectivity index (χ2v) is 5.07.